The molecule has 0 aliphatic carbocycles. The lowest BCUT2D eigenvalue weighted by Crippen LogP contribution is -2.22. The second-order valence-corrected chi connectivity index (χ2v) is 8.65. The van der Waals surface area contributed by atoms with Gasteiger partial charge >= 0.3 is 0 Å². The minimum atomic E-state index is -0.503. The first-order valence-electron chi connectivity index (χ1n) is 7.81. The molecule has 27 heavy (non-hydrogen) atoms. The third-order valence-electron chi connectivity index (χ3n) is 3.50. The Kier molecular flexibility index (Phi) is 5.99. The number of anilines is 1. The maximum atomic E-state index is 12.4. The van der Waals surface area contributed by atoms with Crippen LogP contribution in [0.1, 0.15) is 6.92 Å². The van der Waals surface area contributed by atoms with Crippen molar-refractivity contribution in [1.82, 2.24) is 9.78 Å². The zero-order chi connectivity index (χ0) is 19.4. The van der Waals surface area contributed by atoms with Gasteiger partial charge in [-0.1, -0.05) is 47.4 Å². The van der Waals surface area contributed by atoms with Crippen molar-refractivity contribution in [1.29, 1.82) is 0 Å². The van der Waals surface area contributed by atoms with Gasteiger partial charge in [-0.3, -0.25) is 14.9 Å². The van der Waals surface area contributed by atoms with E-state index >= 15 is 0 Å². The predicted octanol–water partition coefficient (Wildman–Crippen LogP) is 4.69. The monoisotopic (exact) mass is 418 g/mol. The van der Waals surface area contributed by atoms with Gasteiger partial charge in [0.2, 0.25) is 5.91 Å². The lowest BCUT2D eigenvalue weighted by atomic mass is 10.2. The van der Waals surface area contributed by atoms with E-state index in [2.05, 4.69) is 10.4 Å². The van der Waals surface area contributed by atoms with Crippen LogP contribution in [-0.4, -0.2) is 25.9 Å². The number of carbonyl (C=O) groups is 1. The maximum absolute atomic E-state index is 12.4. The highest BCUT2D eigenvalue weighted by molar-refractivity contribution is 8.02. The molecule has 7 nitrogen and oxygen atoms in total. The Morgan fingerprint density at radius 2 is 2.04 bits per heavy atom. The van der Waals surface area contributed by atoms with Crippen molar-refractivity contribution in [3.63, 3.8) is 0 Å². The van der Waals surface area contributed by atoms with E-state index in [-0.39, 0.29) is 11.6 Å². The third-order valence-corrected chi connectivity index (χ3v) is 5.92. The summed E-state index contributed by atoms with van der Waals surface area (Å²) in [7, 11) is 0. The number of rotatable bonds is 6. The Morgan fingerprint density at radius 1 is 1.30 bits per heavy atom. The number of hydrogen-bond donors (Lipinski definition) is 1. The first-order valence-corrected chi connectivity index (χ1v) is 9.92. The van der Waals surface area contributed by atoms with Crippen LogP contribution < -0.4 is 5.32 Å². The molecule has 1 amide bonds. The van der Waals surface area contributed by atoms with Gasteiger partial charge in [-0.15, -0.1) is 5.10 Å². The van der Waals surface area contributed by atoms with Gasteiger partial charge in [0.1, 0.15) is 0 Å². The van der Waals surface area contributed by atoms with Crippen LogP contribution in [-0.2, 0) is 4.79 Å². The average molecular weight is 419 g/mol. The van der Waals surface area contributed by atoms with Crippen molar-refractivity contribution in [3.05, 3.63) is 68.7 Å². The van der Waals surface area contributed by atoms with Crippen LogP contribution in [0.3, 0.4) is 0 Å². The molecular formula is C17H14N4O3S3. The summed E-state index contributed by atoms with van der Waals surface area (Å²) in [6, 6.07) is 15.4. The van der Waals surface area contributed by atoms with E-state index in [1.807, 2.05) is 30.3 Å². The summed E-state index contributed by atoms with van der Waals surface area (Å²) < 4.78 is 2.92. The summed E-state index contributed by atoms with van der Waals surface area (Å²) in [6.07, 6.45) is 0. The molecule has 0 bridgehead atoms. The Balaban J connectivity index is 1.69. The molecule has 138 valence electrons. The summed E-state index contributed by atoms with van der Waals surface area (Å²) in [5.41, 5.74) is 1.16. The first-order chi connectivity index (χ1) is 12.9. The lowest BCUT2D eigenvalue weighted by Gasteiger charge is -2.10. The number of nitrogens with zero attached hydrogens (tertiary/aromatic N) is 3. The maximum Gasteiger partial charge on any atom is 0.271 e. The van der Waals surface area contributed by atoms with Gasteiger partial charge in [0, 0.05) is 17.8 Å². The number of benzene rings is 2. The number of non-ortho nitro benzene ring substituents is 1. The second-order valence-electron chi connectivity index (χ2n) is 5.44. The van der Waals surface area contributed by atoms with Crippen LogP contribution in [0.25, 0.3) is 5.69 Å². The number of para-hydroxylation sites is 1. The molecule has 0 aliphatic heterocycles. The molecule has 0 radical (unpaired) electrons. The number of nitrogens with one attached hydrogen (secondary N) is 1. The van der Waals surface area contributed by atoms with E-state index in [9.17, 15) is 14.9 Å². The van der Waals surface area contributed by atoms with Crippen molar-refractivity contribution in [2.24, 2.45) is 0 Å². The highest BCUT2D eigenvalue weighted by Crippen LogP contribution is 2.28. The van der Waals surface area contributed by atoms with Crippen LogP contribution in [0.4, 0.5) is 11.4 Å². The second kappa shape index (κ2) is 8.42. The topological polar surface area (TPSA) is 90.1 Å². The zero-order valence-electron chi connectivity index (χ0n) is 14.1. The van der Waals surface area contributed by atoms with E-state index in [0.717, 1.165) is 5.69 Å². The number of amides is 1. The minimum Gasteiger partial charge on any atom is -0.325 e. The molecule has 1 atom stereocenters. The molecule has 0 saturated carbocycles. The molecule has 1 heterocycles. The standard InChI is InChI=1S/C17H14N4O3S3/c1-11(15(22)18-12-6-5-9-14(10-12)21(23)24)26-16-19-20(17(25)27-16)13-7-3-2-4-8-13/h2-11H,1H3,(H,18,22). The zero-order valence-corrected chi connectivity index (χ0v) is 16.5. The van der Waals surface area contributed by atoms with Crippen molar-refractivity contribution in [2.75, 3.05) is 5.32 Å². The molecular weight excluding hydrogens is 404 g/mol. The fraction of sp³-hybridized carbons (Fsp3) is 0.118. The van der Waals surface area contributed by atoms with Crippen LogP contribution in [0.5, 0.6) is 0 Å². The van der Waals surface area contributed by atoms with E-state index < -0.39 is 10.2 Å². The predicted molar refractivity (Wildman–Crippen MR) is 109 cm³/mol. The highest BCUT2D eigenvalue weighted by Gasteiger charge is 2.18. The Bertz CT molecular complexity index is 1030. The van der Waals surface area contributed by atoms with Crippen LogP contribution >= 0.6 is 35.3 Å². The van der Waals surface area contributed by atoms with Crippen molar-refractivity contribution in [2.45, 2.75) is 16.5 Å². The van der Waals surface area contributed by atoms with Gasteiger partial charge < -0.3 is 5.32 Å². The van der Waals surface area contributed by atoms with Crippen LogP contribution in [0.15, 0.2) is 58.9 Å². The average Bonchev–Trinajstić information content (AvgIpc) is 3.02. The number of carbonyl (C=O) groups excluding carboxylic acids is 1. The minimum absolute atomic E-state index is 0.0762. The number of aromatic nitrogens is 2. The van der Waals surface area contributed by atoms with Crippen molar-refractivity contribution < 1.29 is 9.72 Å². The van der Waals surface area contributed by atoms with E-state index in [0.29, 0.717) is 14.0 Å². The normalized spacial score (nSPS) is 11.7. The van der Waals surface area contributed by atoms with Crippen LogP contribution in [0, 0.1) is 14.1 Å². The smallest absolute Gasteiger partial charge is 0.271 e. The quantitative estimate of drug-likeness (QED) is 0.270. The Labute approximate surface area is 168 Å². The molecule has 3 aromatic rings. The molecule has 0 saturated heterocycles. The third kappa shape index (κ3) is 4.79. The van der Waals surface area contributed by atoms with E-state index in [1.54, 1.807) is 17.7 Å². The molecule has 3 rings (SSSR count). The molecule has 10 heteroatoms. The van der Waals surface area contributed by atoms with Gasteiger partial charge in [-0.25, -0.2) is 4.68 Å². The molecule has 0 spiro atoms. The SMILES string of the molecule is CC(Sc1nn(-c2ccccc2)c(=S)s1)C(=O)Nc1cccc([N+](=O)[O-])c1. The molecule has 2 aromatic carbocycles. The lowest BCUT2D eigenvalue weighted by molar-refractivity contribution is -0.384. The molecule has 1 N–H and O–H groups in total. The summed E-state index contributed by atoms with van der Waals surface area (Å²) in [4.78, 5) is 22.7. The van der Waals surface area contributed by atoms with Gasteiger partial charge in [-0.05, 0) is 37.3 Å². The van der Waals surface area contributed by atoms with Crippen LogP contribution in [0.2, 0.25) is 0 Å². The number of hydrogen-bond acceptors (Lipinski definition) is 7. The van der Waals surface area contributed by atoms with E-state index in [4.69, 9.17) is 12.2 Å². The summed E-state index contributed by atoms with van der Waals surface area (Å²) >= 11 is 7.97. The fourth-order valence-electron chi connectivity index (χ4n) is 2.19. The fourth-order valence-corrected chi connectivity index (χ4v) is 4.69. The Morgan fingerprint density at radius 3 is 2.74 bits per heavy atom. The number of thioether (sulfide) groups is 1. The molecule has 0 fully saturated rings. The summed E-state index contributed by atoms with van der Waals surface area (Å²) in [6.45, 7) is 1.74. The van der Waals surface area contributed by atoms with Crippen molar-refractivity contribution in [3.8, 4) is 5.69 Å². The first kappa shape index (κ1) is 19.2. The summed E-state index contributed by atoms with van der Waals surface area (Å²) in [5, 5.41) is 17.5. The number of nitro benzene ring substituents is 1. The Hall–Kier alpha value is -2.56. The number of nitro groups is 1. The molecule has 1 unspecified atom stereocenters. The largest absolute Gasteiger partial charge is 0.325 e. The van der Waals surface area contributed by atoms with Gasteiger partial charge in [-0.2, -0.15) is 0 Å². The van der Waals surface area contributed by atoms with Crippen molar-refractivity contribution >= 4 is 52.6 Å². The van der Waals surface area contributed by atoms with Gasteiger partial charge in [0.05, 0.1) is 15.9 Å². The summed E-state index contributed by atoms with van der Waals surface area (Å²) in [5.74, 6) is -0.270. The van der Waals surface area contributed by atoms with Gasteiger partial charge in [0.25, 0.3) is 5.69 Å². The van der Waals surface area contributed by atoms with E-state index in [1.165, 1.54) is 41.3 Å². The van der Waals surface area contributed by atoms with Gasteiger partial charge in [0.15, 0.2) is 8.29 Å². The molecule has 1 aromatic heterocycles. The highest BCUT2D eigenvalue weighted by atomic mass is 32.2. The molecule has 0 aliphatic rings.